The quantitative estimate of drug-likeness (QED) is 0.284. The predicted molar refractivity (Wildman–Crippen MR) is 137 cm³/mol. The van der Waals surface area contributed by atoms with Crippen LogP contribution in [0.2, 0.25) is 0 Å². The van der Waals surface area contributed by atoms with Crippen LogP contribution in [-0.4, -0.2) is 37.8 Å². The highest BCUT2D eigenvalue weighted by Gasteiger charge is 2.39. The molecule has 0 aliphatic heterocycles. The van der Waals surface area contributed by atoms with Crippen molar-refractivity contribution in [2.75, 3.05) is 4.90 Å². The van der Waals surface area contributed by atoms with Gasteiger partial charge in [0.05, 0.1) is 23.6 Å². The molecule has 0 atom stereocenters. The van der Waals surface area contributed by atoms with E-state index in [1.165, 1.54) is 6.08 Å². The third-order valence-electron chi connectivity index (χ3n) is 7.25. The second-order valence-electron chi connectivity index (χ2n) is 9.50. The highest BCUT2D eigenvalue weighted by atomic mass is 19.1. The Morgan fingerprint density at radius 1 is 1.17 bits per heavy atom. The number of carbonyl (C=O) groups excluding carboxylic acids is 1. The summed E-state index contributed by atoms with van der Waals surface area (Å²) in [4.78, 5) is 29.5. The van der Waals surface area contributed by atoms with E-state index in [1.807, 2.05) is 24.3 Å². The topological polar surface area (TPSA) is 88.3 Å². The van der Waals surface area contributed by atoms with Crippen LogP contribution in [0.5, 0.6) is 0 Å². The van der Waals surface area contributed by atoms with Crippen LogP contribution in [0.3, 0.4) is 0 Å². The van der Waals surface area contributed by atoms with Crippen LogP contribution < -0.4 is 4.90 Å². The number of carboxylic acid groups (broad SMARTS) is 1. The van der Waals surface area contributed by atoms with E-state index < -0.39 is 11.5 Å². The first kappa shape index (κ1) is 23.7. The molecule has 1 aliphatic carbocycles. The normalized spacial score (nSPS) is 15.5. The van der Waals surface area contributed by atoms with E-state index >= 15 is 4.39 Å². The van der Waals surface area contributed by atoms with Crippen LogP contribution in [0.25, 0.3) is 27.8 Å². The van der Waals surface area contributed by atoms with Crippen LogP contribution >= 0.6 is 0 Å². The molecule has 2 aromatic carbocycles. The van der Waals surface area contributed by atoms with Gasteiger partial charge in [-0.2, -0.15) is 5.10 Å². The van der Waals surface area contributed by atoms with E-state index in [-0.39, 0.29) is 5.82 Å². The highest BCUT2D eigenvalue weighted by molar-refractivity contribution is 5.99. The van der Waals surface area contributed by atoms with Crippen molar-refractivity contribution in [1.82, 2.24) is 14.8 Å². The Morgan fingerprint density at radius 3 is 2.72 bits per heavy atom. The molecule has 1 amide bonds. The van der Waals surface area contributed by atoms with Crippen molar-refractivity contribution in [1.29, 1.82) is 0 Å². The lowest BCUT2D eigenvalue weighted by atomic mass is 9.75. The number of aliphatic carboxylic acids is 1. The van der Waals surface area contributed by atoms with Gasteiger partial charge in [-0.25, -0.2) is 9.18 Å². The molecule has 5 rings (SSSR count). The molecule has 1 N–H and O–H groups in total. The molecule has 1 fully saturated rings. The zero-order valence-corrected chi connectivity index (χ0v) is 20.0. The standard InChI is InChI=1S/C28H27FN4O3/c1-32-27-22(16-31-32)13-20-6-5-7-21(25(20)26(27)29)14-28(10-3-2-4-11-28)33(18-34)23-12-19(15-30-17-23)8-9-24(35)36/h5-9,12-13,15-18H,2-4,10-11,14H2,1H3,(H,35,36)/b9-8+. The largest absolute Gasteiger partial charge is 0.478 e. The number of anilines is 1. The SMILES string of the molecule is Cn1ncc2cc3cccc(CC4(N(C=O)c5cncc(/C=C/C(=O)O)c5)CCCCC4)c3c(F)c21. The summed E-state index contributed by atoms with van der Waals surface area (Å²) in [6.45, 7) is 0. The van der Waals surface area contributed by atoms with Gasteiger partial charge in [0.25, 0.3) is 0 Å². The number of halogens is 1. The van der Waals surface area contributed by atoms with Crippen LogP contribution in [0.15, 0.2) is 55.0 Å². The van der Waals surface area contributed by atoms with Gasteiger partial charge < -0.3 is 10.0 Å². The monoisotopic (exact) mass is 486 g/mol. The van der Waals surface area contributed by atoms with E-state index in [9.17, 15) is 9.59 Å². The van der Waals surface area contributed by atoms with Gasteiger partial charge in [-0.15, -0.1) is 0 Å². The van der Waals surface area contributed by atoms with Crippen LogP contribution in [0.1, 0.15) is 43.2 Å². The molecule has 2 aromatic heterocycles. The van der Waals surface area contributed by atoms with Gasteiger partial charge in [0.1, 0.15) is 5.52 Å². The van der Waals surface area contributed by atoms with Gasteiger partial charge in [0.2, 0.25) is 6.41 Å². The van der Waals surface area contributed by atoms with Gasteiger partial charge >= 0.3 is 5.97 Å². The number of rotatable bonds is 7. The summed E-state index contributed by atoms with van der Waals surface area (Å²) in [5.74, 6) is -1.36. The minimum atomic E-state index is -1.06. The van der Waals surface area contributed by atoms with Gasteiger partial charge in [-0.3, -0.25) is 14.5 Å². The lowest BCUT2D eigenvalue weighted by Gasteiger charge is -2.45. The molecule has 4 aromatic rings. The summed E-state index contributed by atoms with van der Waals surface area (Å²) in [7, 11) is 1.73. The number of fused-ring (bicyclic) bond motifs is 2. The maximum atomic E-state index is 15.9. The zero-order valence-electron chi connectivity index (χ0n) is 20.0. The number of aromatic nitrogens is 3. The summed E-state index contributed by atoms with van der Waals surface area (Å²) in [5.41, 5.74) is 1.93. The second kappa shape index (κ2) is 9.53. The lowest BCUT2D eigenvalue weighted by Crippen LogP contribution is -2.51. The summed E-state index contributed by atoms with van der Waals surface area (Å²) in [6, 6.07) is 9.50. The second-order valence-corrected chi connectivity index (χ2v) is 9.50. The van der Waals surface area contributed by atoms with Crippen molar-refractivity contribution in [2.24, 2.45) is 7.05 Å². The summed E-state index contributed by atoms with van der Waals surface area (Å²) < 4.78 is 17.5. The average Bonchev–Trinajstić information content (AvgIpc) is 3.24. The molecule has 8 heteroatoms. The highest BCUT2D eigenvalue weighted by Crippen LogP contribution is 2.41. The number of aryl methyl sites for hydroxylation is 1. The molecular formula is C28H27FN4O3. The molecule has 184 valence electrons. The third-order valence-corrected chi connectivity index (χ3v) is 7.25. The molecule has 0 bridgehead atoms. The van der Waals surface area contributed by atoms with Crippen LogP contribution in [0.4, 0.5) is 10.1 Å². The average molecular weight is 487 g/mol. The molecule has 1 aliphatic rings. The Morgan fingerprint density at radius 2 is 1.97 bits per heavy atom. The van der Waals surface area contributed by atoms with E-state index in [0.29, 0.717) is 28.6 Å². The van der Waals surface area contributed by atoms with E-state index in [2.05, 4.69) is 10.1 Å². The molecule has 2 heterocycles. The third kappa shape index (κ3) is 4.23. The molecule has 0 radical (unpaired) electrons. The number of hydrogen-bond acceptors (Lipinski definition) is 4. The smallest absolute Gasteiger partial charge is 0.328 e. The number of carboxylic acids is 1. The number of pyridine rings is 1. The van der Waals surface area contributed by atoms with Crippen molar-refractivity contribution < 1.29 is 19.1 Å². The van der Waals surface area contributed by atoms with Crippen molar-refractivity contribution >= 4 is 45.8 Å². The predicted octanol–water partition coefficient (Wildman–Crippen LogP) is 5.27. The fourth-order valence-electron chi connectivity index (χ4n) is 5.62. The Hall–Kier alpha value is -4.07. The zero-order chi connectivity index (χ0) is 25.3. The van der Waals surface area contributed by atoms with Crippen molar-refractivity contribution in [2.45, 2.75) is 44.1 Å². The fourth-order valence-corrected chi connectivity index (χ4v) is 5.62. The minimum absolute atomic E-state index is 0.302. The maximum absolute atomic E-state index is 15.9. The summed E-state index contributed by atoms with van der Waals surface area (Å²) in [5, 5.41) is 15.3. The summed E-state index contributed by atoms with van der Waals surface area (Å²) >= 11 is 0. The van der Waals surface area contributed by atoms with Gasteiger partial charge in [0.15, 0.2) is 5.82 Å². The fraction of sp³-hybridized carbons (Fsp3) is 0.286. The van der Waals surface area contributed by atoms with E-state index in [0.717, 1.165) is 60.9 Å². The number of nitrogens with zero attached hydrogens (tertiary/aromatic N) is 4. The number of carbonyl (C=O) groups is 2. The Bertz CT molecular complexity index is 1490. The number of benzene rings is 2. The van der Waals surface area contributed by atoms with Crippen molar-refractivity contribution in [3.63, 3.8) is 0 Å². The maximum Gasteiger partial charge on any atom is 0.328 e. The Kier molecular flexibility index (Phi) is 6.26. The van der Waals surface area contributed by atoms with Crippen LogP contribution in [0, 0.1) is 5.82 Å². The molecule has 1 saturated carbocycles. The minimum Gasteiger partial charge on any atom is -0.478 e. The van der Waals surface area contributed by atoms with Crippen molar-refractivity contribution in [3.05, 3.63) is 71.9 Å². The molecular weight excluding hydrogens is 459 g/mol. The Labute approximate surface area is 207 Å². The van der Waals surface area contributed by atoms with E-state index in [4.69, 9.17) is 5.11 Å². The number of hydrogen-bond donors (Lipinski definition) is 1. The van der Waals surface area contributed by atoms with Crippen LogP contribution in [-0.2, 0) is 23.1 Å². The first-order valence-electron chi connectivity index (χ1n) is 12.0. The molecule has 0 saturated heterocycles. The first-order valence-corrected chi connectivity index (χ1v) is 12.0. The number of amides is 1. The van der Waals surface area contributed by atoms with Gasteiger partial charge in [0, 0.05) is 30.1 Å². The molecule has 0 unspecified atom stereocenters. The molecule has 7 nitrogen and oxygen atoms in total. The van der Waals surface area contributed by atoms with Gasteiger partial charge in [-0.1, -0.05) is 37.5 Å². The summed E-state index contributed by atoms with van der Waals surface area (Å²) in [6.07, 6.45) is 13.2. The van der Waals surface area contributed by atoms with Crippen molar-refractivity contribution in [3.8, 4) is 0 Å². The van der Waals surface area contributed by atoms with E-state index in [1.54, 1.807) is 41.3 Å². The molecule has 36 heavy (non-hydrogen) atoms. The molecule has 0 spiro atoms. The first-order chi connectivity index (χ1) is 17.4. The Balaban J connectivity index is 1.62. The van der Waals surface area contributed by atoms with Gasteiger partial charge in [-0.05, 0) is 54.0 Å². The lowest BCUT2D eigenvalue weighted by molar-refractivity contribution is -0.131.